The molecule has 3 aromatic rings. The number of aromatic nitrogens is 4. The molecule has 2 aromatic heterocycles. The van der Waals surface area contributed by atoms with Crippen molar-refractivity contribution in [2.45, 2.75) is 20.0 Å². The average molecular weight is 406 g/mol. The van der Waals surface area contributed by atoms with E-state index in [4.69, 9.17) is 0 Å². The summed E-state index contributed by atoms with van der Waals surface area (Å²) in [5.74, 6) is 0.473. The van der Waals surface area contributed by atoms with E-state index in [2.05, 4.69) is 61.4 Å². The van der Waals surface area contributed by atoms with Crippen LogP contribution in [0.25, 0.3) is 5.82 Å². The molecule has 1 saturated heterocycles. The van der Waals surface area contributed by atoms with Gasteiger partial charge in [-0.15, -0.1) is 0 Å². The molecule has 1 aliphatic rings. The second-order valence-electron chi connectivity index (χ2n) is 7.45. The van der Waals surface area contributed by atoms with Crippen LogP contribution in [0.4, 0.5) is 0 Å². The smallest absolute Gasteiger partial charge is 0.253 e. The van der Waals surface area contributed by atoms with Crippen LogP contribution in [0.1, 0.15) is 28.4 Å². The van der Waals surface area contributed by atoms with Crippen molar-refractivity contribution in [2.75, 3.05) is 32.7 Å². The summed E-state index contributed by atoms with van der Waals surface area (Å²) >= 11 is 0. The molecule has 1 amide bonds. The fourth-order valence-electron chi connectivity index (χ4n) is 3.55. The molecule has 0 atom stereocenters. The van der Waals surface area contributed by atoms with E-state index < -0.39 is 0 Å². The minimum absolute atomic E-state index is 0.148. The normalized spacial score (nSPS) is 15.2. The van der Waals surface area contributed by atoms with Gasteiger partial charge in [-0.3, -0.25) is 9.69 Å². The standard InChI is InChI=1S/C22H27N7O/c1-2-27-9-11-28(12-10-27)15-19-5-3-18(4-6-19)13-25-22(30)20-7-8-21(24-14-20)29-17-23-16-26-29/h3-8,14,16-17H,2,9-13,15H2,1H3,(H,25,30). The molecule has 0 radical (unpaired) electrons. The summed E-state index contributed by atoms with van der Waals surface area (Å²) in [5.41, 5.74) is 2.90. The summed E-state index contributed by atoms with van der Waals surface area (Å²) in [6.45, 7) is 9.36. The zero-order valence-corrected chi connectivity index (χ0v) is 17.2. The Morgan fingerprint density at radius 3 is 2.37 bits per heavy atom. The summed E-state index contributed by atoms with van der Waals surface area (Å²) < 4.78 is 1.55. The Morgan fingerprint density at radius 2 is 1.73 bits per heavy atom. The highest BCUT2D eigenvalue weighted by Crippen LogP contribution is 2.11. The maximum atomic E-state index is 12.4. The number of rotatable bonds is 7. The van der Waals surface area contributed by atoms with Crippen LogP contribution in [-0.4, -0.2) is 68.2 Å². The maximum absolute atomic E-state index is 12.4. The van der Waals surface area contributed by atoms with Crippen LogP contribution in [0.5, 0.6) is 0 Å². The van der Waals surface area contributed by atoms with Crippen molar-refractivity contribution in [3.05, 3.63) is 71.9 Å². The molecule has 8 nitrogen and oxygen atoms in total. The van der Waals surface area contributed by atoms with Crippen LogP contribution in [0.15, 0.2) is 55.2 Å². The highest BCUT2D eigenvalue weighted by molar-refractivity contribution is 5.93. The van der Waals surface area contributed by atoms with E-state index in [1.165, 1.54) is 11.9 Å². The molecule has 1 fully saturated rings. The van der Waals surface area contributed by atoms with Crippen molar-refractivity contribution in [3.8, 4) is 5.82 Å². The molecule has 30 heavy (non-hydrogen) atoms. The average Bonchev–Trinajstić information content (AvgIpc) is 3.34. The van der Waals surface area contributed by atoms with Crippen LogP contribution in [0.2, 0.25) is 0 Å². The fraction of sp³-hybridized carbons (Fsp3) is 0.364. The molecule has 3 heterocycles. The van der Waals surface area contributed by atoms with Gasteiger partial charge in [0.05, 0.1) is 5.56 Å². The van der Waals surface area contributed by atoms with Crippen LogP contribution >= 0.6 is 0 Å². The molecule has 1 aromatic carbocycles. The van der Waals surface area contributed by atoms with Crippen molar-refractivity contribution in [3.63, 3.8) is 0 Å². The monoisotopic (exact) mass is 405 g/mol. The molecule has 1 aliphatic heterocycles. The van der Waals surface area contributed by atoms with Gasteiger partial charge < -0.3 is 10.2 Å². The van der Waals surface area contributed by atoms with Gasteiger partial charge in [0, 0.05) is 45.5 Å². The van der Waals surface area contributed by atoms with Crippen molar-refractivity contribution in [2.24, 2.45) is 0 Å². The Bertz CT molecular complexity index is 931. The van der Waals surface area contributed by atoms with E-state index in [0.29, 0.717) is 17.9 Å². The quantitative estimate of drug-likeness (QED) is 0.645. The van der Waals surface area contributed by atoms with Crippen LogP contribution in [-0.2, 0) is 13.1 Å². The third kappa shape index (κ3) is 5.08. The summed E-state index contributed by atoms with van der Waals surface area (Å²) in [4.78, 5) is 25.5. The van der Waals surface area contributed by atoms with Crippen molar-refractivity contribution >= 4 is 5.91 Å². The predicted octanol–water partition coefficient (Wildman–Crippen LogP) is 1.73. The number of hydrogen-bond donors (Lipinski definition) is 1. The van der Waals surface area contributed by atoms with Gasteiger partial charge in [-0.2, -0.15) is 5.10 Å². The topological polar surface area (TPSA) is 79.2 Å². The molecule has 0 spiro atoms. The van der Waals surface area contributed by atoms with Gasteiger partial charge in [-0.1, -0.05) is 31.2 Å². The van der Waals surface area contributed by atoms with Gasteiger partial charge in [0.1, 0.15) is 12.7 Å². The zero-order chi connectivity index (χ0) is 20.8. The second kappa shape index (κ2) is 9.60. The fourth-order valence-corrected chi connectivity index (χ4v) is 3.55. The van der Waals surface area contributed by atoms with Crippen molar-refractivity contribution in [1.82, 2.24) is 34.9 Å². The molecular formula is C22H27N7O. The summed E-state index contributed by atoms with van der Waals surface area (Å²) in [6.07, 6.45) is 4.56. The first-order valence-electron chi connectivity index (χ1n) is 10.3. The lowest BCUT2D eigenvalue weighted by molar-refractivity contribution is 0.0950. The third-order valence-electron chi connectivity index (χ3n) is 5.46. The van der Waals surface area contributed by atoms with Gasteiger partial charge >= 0.3 is 0 Å². The molecule has 1 N–H and O–H groups in total. The number of benzene rings is 1. The maximum Gasteiger partial charge on any atom is 0.253 e. The number of nitrogens with one attached hydrogen (secondary N) is 1. The molecule has 8 heteroatoms. The first-order valence-corrected chi connectivity index (χ1v) is 10.3. The number of amides is 1. The zero-order valence-electron chi connectivity index (χ0n) is 17.2. The molecule has 0 unspecified atom stereocenters. The SMILES string of the molecule is CCN1CCN(Cc2ccc(CNC(=O)c3ccc(-n4cncn4)nc3)cc2)CC1. The van der Waals surface area contributed by atoms with E-state index in [1.807, 2.05) is 0 Å². The largest absolute Gasteiger partial charge is 0.348 e. The molecule has 0 saturated carbocycles. The Kier molecular flexibility index (Phi) is 6.46. The first-order chi connectivity index (χ1) is 14.7. The predicted molar refractivity (Wildman–Crippen MR) is 114 cm³/mol. The number of carbonyl (C=O) groups is 1. The Morgan fingerprint density at radius 1 is 1.00 bits per heavy atom. The molecule has 0 aliphatic carbocycles. The highest BCUT2D eigenvalue weighted by Gasteiger charge is 2.15. The van der Waals surface area contributed by atoms with E-state index in [-0.39, 0.29) is 5.91 Å². The molecular weight excluding hydrogens is 378 g/mol. The summed E-state index contributed by atoms with van der Waals surface area (Å²) in [7, 11) is 0. The minimum atomic E-state index is -0.148. The lowest BCUT2D eigenvalue weighted by Gasteiger charge is -2.34. The summed E-state index contributed by atoms with van der Waals surface area (Å²) in [6, 6.07) is 12.0. The summed E-state index contributed by atoms with van der Waals surface area (Å²) in [5, 5.41) is 6.98. The number of nitrogens with zero attached hydrogens (tertiary/aromatic N) is 6. The second-order valence-corrected chi connectivity index (χ2v) is 7.45. The lowest BCUT2D eigenvalue weighted by Crippen LogP contribution is -2.45. The number of carbonyl (C=O) groups excluding carboxylic acids is 1. The third-order valence-corrected chi connectivity index (χ3v) is 5.46. The van der Waals surface area contributed by atoms with Crippen LogP contribution < -0.4 is 5.32 Å². The van der Waals surface area contributed by atoms with E-state index in [9.17, 15) is 4.79 Å². The van der Waals surface area contributed by atoms with Crippen LogP contribution in [0.3, 0.4) is 0 Å². The number of pyridine rings is 1. The first kappa shape index (κ1) is 20.2. The number of likely N-dealkylation sites (N-methyl/N-ethyl adjacent to an activating group) is 1. The Labute approximate surface area is 176 Å². The minimum Gasteiger partial charge on any atom is -0.348 e. The van der Waals surface area contributed by atoms with Gasteiger partial charge in [0.25, 0.3) is 5.91 Å². The van der Waals surface area contributed by atoms with Gasteiger partial charge in [0.15, 0.2) is 5.82 Å². The van der Waals surface area contributed by atoms with Gasteiger partial charge in [-0.25, -0.2) is 14.6 Å². The Hall–Kier alpha value is -3.10. The van der Waals surface area contributed by atoms with Gasteiger partial charge in [0.2, 0.25) is 0 Å². The number of hydrogen-bond acceptors (Lipinski definition) is 6. The molecule has 4 rings (SSSR count). The number of piperazine rings is 1. The van der Waals surface area contributed by atoms with Gasteiger partial charge in [-0.05, 0) is 29.8 Å². The van der Waals surface area contributed by atoms with Crippen molar-refractivity contribution in [1.29, 1.82) is 0 Å². The van der Waals surface area contributed by atoms with Crippen molar-refractivity contribution < 1.29 is 4.79 Å². The van der Waals surface area contributed by atoms with E-state index in [1.54, 1.807) is 29.3 Å². The highest BCUT2D eigenvalue weighted by atomic mass is 16.1. The van der Waals surface area contributed by atoms with E-state index >= 15 is 0 Å². The molecule has 156 valence electrons. The Balaban J connectivity index is 1.26. The van der Waals surface area contributed by atoms with E-state index in [0.717, 1.165) is 44.8 Å². The van der Waals surface area contributed by atoms with Crippen LogP contribution in [0, 0.1) is 0 Å². The lowest BCUT2D eigenvalue weighted by atomic mass is 10.1. The molecule has 0 bridgehead atoms.